The highest BCUT2D eigenvalue weighted by Crippen LogP contribution is 2.12. The Morgan fingerprint density at radius 2 is 1.95 bits per heavy atom. The van der Waals surface area contributed by atoms with Gasteiger partial charge in [0.05, 0.1) is 5.69 Å². The summed E-state index contributed by atoms with van der Waals surface area (Å²) in [6.07, 6.45) is 1.84. The maximum Gasteiger partial charge on any atom is 0.153 e. The van der Waals surface area contributed by atoms with Crippen LogP contribution in [0.2, 0.25) is 0 Å². The number of pyridine rings is 1. The summed E-state index contributed by atoms with van der Waals surface area (Å²) in [5.41, 5.74) is 3.44. The smallest absolute Gasteiger partial charge is 0.153 e. The first kappa shape index (κ1) is 13.7. The van der Waals surface area contributed by atoms with Crippen molar-refractivity contribution >= 4 is 0 Å². The van der Waals surface area contributed by atoms with Crippen molar-refractivity contribution in [3.63, 3.8) is 0 Å². The minimum absolute atomic E-state index is 0.113. The summed E-state index contributed by atoms with van der Waals surface area (Å²) in [5.74, 6) is 0.874. The molecular weight excluding hydrogens is 236 g/mol. The Balaban J connectivity index is 2.22. The lowest BCUT2D eigenvalue weighted by Gasteiger charge is -2.20. The van der Waals surface area contributed by atoms with E-state index < -0.39 is 0 Å². The molecule has 0 fully saturated rings. The van der Waals surface area contributed by atoms with Gasteiger partial charge in [0.1, 0.15) is 0 Å². The van der Waals surface area contributed by atoms with E-state index in [0.717, 1.165) is 23.8 Å². The molecule has 4 heteroatoms. The Morgan fingerprint density at radius 3 is 2.53 bits per heavy atom. The molecule has 0 aliphatic rings. The summed E-state index contributed by atoms with van der Waals surface area (Å²) >= 11 is 0. The lowest BCUT2D eigenvalue weighted by Crippen LogP contribution is -2.35. The van der Waals surface area contributed by atoms with Crippen LogP contribution in [-0.4, -0.2) is 20.3 Å². The van der Waals surface area contributed by atoms with E-state index in [9.17, 15) is 0 Å². The first-order chi connectivity index (χ1) is 8.85. The summed E-state index contributed by atoms with van der Waals surface area (Å²) in [7, 11) is 0. The van der Waals surface area contributed by atoms with Crippen molar-refractivity contribution in [2.45, 2.75) is 46.7 Å². The van der Waals surface area contributed by atoms with E-state index >= 15 is 0 Å². The number of aromatic nitrogens is 3. The van der Waals surface area contributed by atoms with E-state index in [1.54, 1.807) is 0 Å². The van der Waals surface area contributed by atoms with Crippen LogP contribution >= 0.6 is 0 Å². The molecule has 0 aliphatic carbocycles. The number of nitrogens with one attached hydrogen (secondary N) is 1. The largest absolute Gasteiger partial charge is 0.308 e. The molecule has 0 atom stereocenters. The van der Waals surface area contributed by atoms with Crippen LogP contribution in [0.5, 0.6) is 0 Å². The molecular formula is C15H22N4. The summed E-state index contributed by atoms with van der Waals surface area (Å²) < 4.78 is 1.88. The fourth-order valence-corrected chi connectivity index (χ4v) is 1.91. The third kappa shape index (κ3) is 3.64. The highest BCUT2D eigenvalue weighted by molar-refractivity contribution is 5.29. The molecule has 2 heterocycles. The molecule has 0 saturated carbocycles. The van der Waals surface area contributed by atoms with Gasteiger partial charge in [0.25, 0.3) is 0 Å². The van der Waals surface area contributed by atoms with E-state index in [2.05, 4.69) is 48.3 Å². The van der Waals surface area contributed by atoms with E-state index in [1.807, 2.05) is 30.8 Å². The molecule has 0 spiro atoms. The summed E-state index contributed by atoms with van der Waals surface area (Å²) in [5, 5.41) is 7.94. The zero-order valence-electron chi connectivity index (χ0n) is 12.4. The number of aryl methyl sites for hydroxylation is 2. The van der Waals surface area contributed by atoms with Gasteiger partial charge in [-0.3, -0.25) is 0 Å². The van der Waals surface area contributed by atoms with Crippen molar-refractivity contribution in [3.05, 3.63) is 41.3 Å². The number of rotatable bonds is 3. The van der Waals surface area contributed by atoms with Gasteiger partial charge in [-0.1, -0.05) is 0 Å². The Labute approximate surface area is 114 Å². The van der Waals surface area contributed by atoms with Gasteiger partial charge >= 0.3 is 0 Å². The zero-order valence-corrected chi connectivity index (χ0v) is 12.4. The van der Waals surface area contributed by atoms with Gasteiger partial charge in [-0.25, -0.2) is 9.67 Å². The van der Waals surface area contributed by atoms with Crippen LogP contribution in [0.3, 0.4) is 0 Å². The standard InChI is InChI=1S/C15H22N4/c1-11-8-12(2)19(18-11)14-9-13(6-7-16-14)10-17-15(3,4)5/h6-9,17H,10H2,1-5H3. The van der Waals surface area contributed by atoms with Gasteiger partial charge in [-0.15, -0.1) is 0 Å². The summed E-state index contributed by atoms with van der Waals surface area (Å²) in [6, 6.07) is 6.17. The molecule has 2 rings (SSSR count). The topological polar surface area (TPSA) is 42.7 Å². The molecule has 0 saturated heterocycles. The molecule has 0 unspecified atom stereocenters. The van der Waals surface area contributed by atoms with Gasteiger partial charge < -0.3 is 5.32 Å². The Hall–Kier alpha value is -1.68. The third-order valence-corrected chi connectivity index (χ3v) is 2.86. The second-order valence-corrected chi connectivity index (χ2v) is 5.96. The molecule has 0 amide bonds. The predicted octanol–water partition coefficient (Wildman–Crippen LogP) is 2.77. The van der Waals surface area contributed by atoms with Crippen LogP contribution < -0.4 is 5.32 Å². The van der Waals surface area contributed by atoms with Crippen LogP contribution in [0.4, 0.5) is 0 Å². The van der Waals surface area contributed by atoms with Crippen LogP contribution in [0, 0.1) is 13.8 Å². The molecule has 0 aromatic carbocycles. The summed E-state index contributed by atoms with van der Waals surface area (Å²) in [6.45, 7) is 11.4. The average molecular weight is 258 g/mol. The SMILES string of the molecule is Cc1cc(C)n(-c2cc(CNC(C)(C)C)ccn2)n1. The monoisotopic (exact) mass is 258 g/mol. The Bertz CT molecular complexity index is 564. The molecule has 0 radical (unpaired) electrons. The molecule has 0 aliphatic heterocycles. The lowest BCUT2D eigenvalue weighted by atomic mass is 10.1. The fraction of sp³-hybridized carbons (Fsp3) is 0.467. The molecule has 1 N–H and O–H groups in total. The van der Waals surface area contributed by atoms with Crippen molar-refractivity contribution in [3.8, 4) is 5.82 Å². The van der Waals surface area contributed by atoms with E-state index in [1.165, 1.54) is 5.56 Å². The minimum atomic E-state index is 0.113. The first-order valence-electron chi connectivity index (χ1n) is 6.59. The summed E-state index contributed by atoms with van der Waals surface area (Å²) in [4.78, 5) is 4.40. The second kappa shape index (κ2) is 5.13. The zero-order chi connectivity index (χ0) is 14.0. The van der Waals surface area contributed by atoms with E-state index in [-0.39, 0.29) is 5.54 Å². The second-order valence-electron chi connectivity index (χ2n) is 5.96. The maximum atomic E-state index is 4.46. The Kier molecular flexibility index (Phi) is 3.71. The molecule has 19 heavy (non-hydrogen) atoms. The van der Waals surface area contributed by atoms with Crippen molar-refractivity contribution in [1.29, 1.82) is 0 Å². The van der Waals surface area contributed by atoms with Crippen LogP contribution in [0.15, 0.2) is 24.4 Å². The predicted molar refractivity (Wildman–Crippen MR) is 77.4 cm³/mol. The average Bonchev–Trinajstić information content (AvgIpc) is 2.65. The van der Waals surface area contributed by atoms with Crippen molar-refractivity contribution in [2.75, 3.05) is 0 Å². The van der Waals surface area contributed by atoms with Gasteiger partial charge in [-0.2, -0.15) is 5.10 Å². The van der Waals surface area contributed by atoms with E-state index in [0.29, 0.717) is 0 Å². The number of nitrogens with zero attached hydrogens (tertiary/aromatic N) is 3. The highest BCUT2D eigenvalue weighted by atomic mass is 15.3. The molecule has 4 nitrogen and oxygen atoms in total. The van der Waals surface area contributed by atoms with Gasteiger partial charge in [0.2, 0.25) is 0 Å². The third-order valence-electron chi connectivity index (χ3n) is 2.86. The fourth-order valence-electron chi connectivity index (χ4n) is 1.91. The van der Waals surface area contributed by atoms with Crippen molar-refractivity contribution < 1.29 is 0 Å². The van der Waals surface area contributed by atoms with Crippen LogP contribution in [-0.2, 0) is 6.54 Å². The minimum Gasteiger partial charge on any atom is -0.308 e. The molecule has 102 valence electrons. The Morgan fingerprint density at radius 1 is 1.21 bits per heavy atom. The maximum absolute atomic E-state index is 4.46. The highest BCUT2D eigenvalue weighted by Gasteiger charge is 2.10. The van der Waals surface area contributed by atoms with Gasteiger partial charge in [0, 0.05) is 24.0 Å². The molecule has 0 bridgehead atoms. The van der Waals surface area contributed by atoms with Crippen LogP contribution in [0.1, 0.15) is 37.7 Å². The number of hydrogen-bond donors (Lipinski definition) is 1. The quantitative estimate of drug-likeness (QED) is 0.920. The van der Waals surface area contributed by atoms with E-state index in [4.69, 9.17) is 0 Å². The van der Waals surface area contributed by atoms with Crippen molar-refractivity contribution in [1.82, 2.24) is 20.1 Å². The van der Waals surface area contributed by atoms with Gasteiger partial charge in [-0.05, 0) is 58.4 Å². The lowest BCUT2D eigenvalue weighted by molar-refractivity contribution is 0.424. The number of hydrogen-bond acceptors (Lipinski definition) is 3. The van der Waals surface area contributed by atoms with Crippen molar-refractivity contribution in [2.24, 2.45) is 0 Å². The van der Waals surface area contributed by atoms with Gasteiger partial charge in [0.15, 0.2) is 5.82 Å². The van der Waals surface area contributed by atoms with Crippen LogP contribution in [0.25, 0.3) is 5.82 Å². The normalized spacial score (nSPS) is 11.8. The first-order valence-corrected chi connectivity index (χ1v) is 6.59. The molecule has 2 aromatic rings. The molecule has 2 aromatic heterocycles.